The van der Waals surface area contributed by atoms with Crippen molar-refractivity contribution in [2.45, 2.75) is 31.8 Å². The van der Waals surface area contributed by atoms with E-state index in [4.69, 9.17) is 22.1 Å². The van der Waals surface area contributed by atoms with E-state index in [9.17, 15) is 4.79 Å². The zero-order valence-electron chi connectivity index (χ0n) is 18.7. The number of carbonyl (C=O) groups is 1. The highest BCUT2D eigenvalue weighted by Crippen LogP contribution is 2.24. The molecule has 1 saturated heterocycles. The Labute approximate surface area is 200 Å². The molecule has 0 aromatic heterocycles. The molecule has 0 radical (unpaired) electrons. The molecule has 6 heteroatoms. The molecule has 4 rings (SSSR count). The summed E-state index contributed by atoms with van der Waals surface area (Å²) in [4.78, 5) is 14.6. The van der Waals surface area contributed by atoms with E-state index in [1.807, 2.05) is 36.4 Å². The molecular formula is C27H30ClN3O2. The third-order valence-corrected chi connectivity index (χ3v) is 6.36. The van der Waals surface area contributed by atoms with Gasteiger partial charge in [0, 0.05) is 30.7 Å². The SMILES string of the molecule is NCC1CCCN1Cc1ccc(CCNC(=O)Oc2ccc(-c3ccc(Cl)cc3)cc2)cc1. The smallest absolute Gasteiger partial charge is 0.410 e. The minimum absolute atomic E-state index is 0.451. The monoisotopic (exact) mass is 463 g/mol. The number of hydrogen-bond donors (Lipinski definition) is 2. The first-order valence-corrected chi connectivity index (χ1v) is 11.8. The van der Waals surface area contributed by atoms with Crippen LogP contribution in [0.15, 0.2) is 72.8 Å². The molecule has 0 bridgehead atoms. The number of likely N-dealkylation sites (tertiary alicyclic amines) is 1. The largest absolute Gasteiger partial charge is 0.412 e. The summed E-state index contributed by atoms with van der Waals surface area (Å²) in [7, 11) is 0. The summed E-state index contributed by atoms with van der Waals surface area (Å²) in [6.07, 6.45) is 2.73. The van der Waals surface area contributed by atoms with E-state index in [1.54, 1.807) is 12.1 Å². The van der Waals surface area contributed by atoms with Crippen LogP contribution in [0.25, 0.3) is 11.1 Å². The van der Waals surface area contributed by atoms with E-state index in [-0.39, 0.29) is 0 Å². The van der Waals surface area contributed by atoms with E-state index in [0.717, 1.165) is 37.2 Å². The Balaban J connectivity index is 1.20. The fourth-order valence-electron chi connectivity index (χ4n) is 4.23. The summed E-state index contributed by atoms with van der Waals surface area (Å²) in [5.74, 6) is 0.507. The highest BCUT2D eigenvalue weighted by Gasteiger charge is 2.22. The number of nitrogens with two attached hydrogens (primary N) is 1. The van der Waals surface area contributed by atoms with Gasteiger partial charge in [-0.3, -0.25) is 4.90 Å². The summed E-state index contributed by atoms with van der Waals surface area (Å²) >= 11 is 5.94. The van der Waals surface area contributed by atoms with Crippen molar-refractivity contribution in [3.63, 3.8) is 0 Å². The lowest BCUT2D eigenvalue weighted by atomic mass is 10.1. The Morgan fingerprint density at radius 2 is 1.61 bits per heavy atom. The van der Waals surface area contributed by atoms with Gasteiger partial charge < -0.3 is 15.8 Å². The van der Waals surface area contributed by atoms with Gasteiger partial charge in [-0.1, -0.05) is 60.1 Å². The first-order chi connectivity index (χ1) is 16.1. The van der Waals surface area contributed by atoms with Crippen molar-refractivity contribution in [1.29, 1.82) is 0 Å². The van der Waals surface area contributed by atoms with Gasteiger partial charge in [-0.25, -0.2) is 4.79 Å². The second kappa shape index (κ2) is 11.3. The highest BCUT2D eigenvalue weighted by atomic mass is 35.5. The molecule has 33 heavy (non-hydrogen) atoms. The van der Waals surface area contributed by atoms with Crippen LogP contribution in [-0.4, -0.2) is 36.7 Å². The van der Waals surface area contributed by atoms with Crippen molar-refractivity contribution in [1.82, 2.24) is 10.2 Å². The summed E-state index contributed by atoms with van der Waals surface area (Å²) in [5.41, 5.74) is 10.4. The number of halogens is 1. The van der Waals surface area contributed by atoms with Gasteiger partial charge in [-0.2, -0.15) is 0 Å². The zero-order valence-corrected chi connectivity index (χ0v) is 19.4. The minimum atomic E-state index is -0.451. The third kappa shape index (κ3) is 6.57. The van der Waals surface area contributed by atoms with Crippen LogP contribution in [0.4, 0.5) is 4.79 Å². The third-order valence-electron chi connectivity index (χ3n) is 6.11. The van der Waals surface area contributed by atoms with E-state index >= 15 is 0 Å². The van der Waals surface area contributed by atoms with Crippen LogP contribution in [0.1, 0.15) is 24.0 Å². The Morgan fingerprint density at radius 1 is 0.970 bits per heavy atom. The van der Waals surface area contributed by atoms with Crippen LogP contribution in [-0.2, 0) is 13.0 Å². The molecule has 1 fully saturated rings. The van der Waals surface area contributed by atoms with Crippen molar-refractivity contribution in [2.75, 3.05) is 19.6 Å². The molecule has 1 unspecified atom stereocenters. The summed E-state index contributed by atoms with van der Waals surface area (Å²) in [6.45, 7) is 3.32. The van der Waals surface area contributed by atoms with Crippen molar-refractivity contribution in [2.24, 2.45) is 5.73 Å². The molecule has 172 valence electrons. The van der Waals surface area contributed by atoms with Gasteiger partial charge in [0.15, 0.2) is 0 Å². The second-order valence-electron chi connectivity index (χ2n) is 8.42. The summed E-state index contributed by atoms with van der Waals surface area (Å²) in [6, 6.07) is 24.2. The van der Waals surface area contributed by atoms with Crippen LogP contribution >= 0.6 is 11.6 Å². The van der Waals surface area contributed by atoms with Crippen molar-refractivity contribution < 1.29 is 9.53 Å². The molecule has 1 atom stereocenters. The fourth-order valence-corrected chi connectivity index (χ4v) is 4.35. The molecule has 0 spiro atoms. The maximum absolute atomic E-state index is 12.1. The number of carbonyl (C=O) groups excluding carboxylic acids is 1. The van der Waals surface area contributed by atoms with Gasteiger partial charge in [0.25, 0.3) is 0 Å². The number of ether oxygens (including phenoxy) is 1. The molecule has 5 nitrogen and oxygen atoms in total. The molecular weight excluding hydrogens is 434 g/mol. The van der Waals surface area contributed by atoms with E-state index in [1.165, 1.54) is 24.0 Å². The maximum atomic E-state index is 12.1. The van der Waals surface area contributed by atoms with Crippen LogP contribution in [0.3, 0.4) is 0 Å². The number of hydrogen-bond acceptors (Lipinski definition) is 4. The molecule has 3 N–H and O–H groups in total. The first kappa shape index (κ1) is 23.3. The van der Waals surface area contributed by atoms with Gasteiger partial charge in [0.2, 0.25) is 0 Å². The average molecular weight is 464 g/mol. The Bertz CT molecular complexity index is 1040. The average Bonchev–Trinajstić information content (AvgIpc) is 3.28. The zero-order chi connectivity index (χ0) is 23.0. The van der Waals surface area contributed by atoms with Gasteiger partial charge in [0.05, 0.1) is 0 Å². The van der Waals surface area contributed by atoms with E-state index in [0.29, 0.717) is 23.4 Å². The lowest BCUT2D eigenvalue weighted by Crippen LogP contribution is -2.34. The topological polar surface area (TPSA) is 67.6 Å². The maximum Gasteiger partial charge on any atom is 0.412 e. The predicted octanol–water partition coefficient (Wildman–Crippen LogP) is 5.26. The number of amides is 1. The molecule has 1 aliphatic heterocycles. The quantitative estimate of drug-likeness (QED) is 0.478. The van der Waals surface area contributed by atoms with Gasteiger partial charge >= 0.3 is 6.09 Å². The van der Waals surface area contributed by atoms with Gasteiger partial charge in [-0.15, -0.1) is 0 Å². The number of rotatable bonds is 8. The molecule has 1 aliphatic rings. The fraction of sp³-hybridized carbons (Fsp3) is 0.296. The predicted molar refractivity (Wildman–Crippen MR) is 134 cm³/mol. The van der Waals surface area contributed by atoms with Crippen molar-refractivity contribution in [3.8, 4) is 16.9 Å². The second-order valence-corrected chi connectivity index (χ2v) is 8.85. The normalized spacial score (nSPS) is 16.0. The lowest BCUT2D eigenvalue weighted by molar-refractivity contribution is 0.200. The Kier molecular flexibility index (Phi) is 8.00. The van der Waals surface area contributed by atoms with Crippen LogP contribution in [0.5, 0.6) is 5.75 Å². The summed E-state index contributed by atoms with van der Waals surface area (Å²) < 4.78 is 5.39. The number of nitrogens with one attached hydrogen (secondary N) is 1. The van der Waals surface area contributed by atoms with Crippen LogP contribution in [0.2, 0.25) is 5.02 Å². The minimum Gasteiger partial charge on any atom is -0.410 e. The van der Waals surface area contributed by atoms with Crippen LogP contribution in [0, 0.1) is 0 Å². The molecule has 3 aromatic carbocycles. The summed E-state index contributed by atoms with van der Waals surface area (Å²) in [5, 5.41) is 3.52. The Morgan fingerprint density at radius 3 is 2.27 bits per heavy atom. The van der Waals surface area contributed by atoms with Gasteiger partial charge in [0.1, 0.15) is 5.75 Å². The van der Waals surface area contributed by atoms with Crippen molar-refractivity contribution >= 4 is 17.7 Å². The first-order valence-electron chi connectivity index (χ1n) is 11.4. The standard InChI is InChI=1S/C27H30ClN3O2/c28-24-11-7-22(8-12-24)23-9-13-26(14-10-23)33-27(32)30-16-15-20-3-5-21(6-4-20)19-31-17-1-2-25(31)18-29/h3-14,25H,1-2,15-19,29H2,(H,30,32). The molecule has 0 saturated carbocycles. The molecule has 1 heterocycles. The van der Waals surface area contributed by atoms with E-state index < -0.39 is 6.09 Å². The molecule has 3 aromatic rings. The number of nitrogens with zero attached hydrogens (tertiary/aromatic N) is 1. The van der Waals surface area contributed by atoms with Crippen molar-refractivity contribution in [3.05, 3.63) is 88.9 Å². The molecule has 1 amide bonds. The van der Waals surface area contributed by atoms with Gasteiger partial charge in [-0.05, 0) is 72.3 Å². The highest BCUT2D eigenvalue weighted by molar-refractivity contribution is 6.30. The molecule has 0 aliphatic carbocycles. The lowest BCUT2D eigenvalue weighted by Gasteiger charge is -2.23. The van der Waals surface area contributed by atoms with E-state index in [2.05, 4.69) is 34.5 Å². The Hall–Kier alpha value is -2.86. The number of benzene rings is 3. The van der Waals surface area contributed by atoms with Crippen LogP contribution < -0.4 is 15.8 Å².